The molecule has 7 heteroatoms. The second-order valence-electron chi connectivity index (χ2n) is 8.06. The molecule has 172 valence electrons. The van der Waals surface area contributed by atoms with Crippen LogP contribution in [0.5, 0.6) is 0 Å². The molecular formula is C26H29ClN4O2. The highest BCUT2D eigenvalue weighted by molar-refractivity contribution is 6.30. The topological polar surface area (TPSA) is 57.7 Å². The van der Waals surface area contributed by atoms with Crippen molar-refractivity contribution in [1.82, 2.24) is 14.8 Å². The summed E-state index contributed by atoms with van der Waals surface area (Å²) < 4.78 is 5.59. The molecule has 6 nitrogen and oxygen atoms in total. The van der Waals surface area contributed by atoms with Crippen molar-refractivity contribution in [1.29, 1.82) is 0 Å². The number of nitrogens with zero attached hydrogens (tertiary/aromatic N) is 3. The van der Waals surface area contributed by atoms with E-state index in [1.54, 1.807) is 12.3 Å². The van der Waals surface area contributed by atoms with E-state index >= 15 is 0 Å². The van der Waals surface area contributed by atoms with Crippen molar-refractivity contribution in [2.45, 2.75) is 6.04 Å². The molecule has 1 fully saturated rings. The van der Waals surface area contributed by atoms with Gasteiger partial charge in [-0.1, -0.05) is 60.1 Å². The van der Waals surface area contributed by atoms with Crippen LogP contribution >= 0.6 is 11.6 Å². The number of benzene rings is 2. The van der Waals surface area contributed by atoms with Crippen LogP contribution in [0, 0.1) is 0 Å². The number of carbonyl (C=O) groups is 1. The molecule has 1 aliphatic heterocycles. The molecular weight excluding hydrogens is 436 g/mol. The van der Waals surface area contributed by atoms with Gasteiger partial charge in [0.15, 0.2) is 0 Å². The number of anilines is 1. The minimum atomic E-state index is -0.188. The Morgan fingerprint density at radius 3 is 2.33 bits per heavy atom. The molecule has 1 unspecified atom stereocenters. The Hall–Kier alpha value is -2.77. The molecule has 2 heterocycles. The lowest BCUT2D eigenvalue weighted by molar-refractivity contribution is -0.120. The van der Waals surface area contributed by atoms with Gasteiger partial charge in [0.05, 0.1) is 12.6 Å². The molecule has 0 aliphatic carbocycles. The monoisotopic (exact) mass is 464 g/mol. The largest absolute Gasteiger partial charge is 0.370 e. The molecule has 0 spiro atoms. The van der Waals surface area contributed by atoms with Gasteiger partial charge < -0.3 is 10.1 Å². The number of piperazine rings is 1. The number of hydrogen-bond acceptors (Lipinski definition) is 5. The summed E-state index contributed by atoms with van der Waals surface area (Å²) in [6, 6.07) is 24.4. The Kier molecular flexibility index (Phi) is 8.44. The van der Waals surface area contributed by atoms with Crippen LogP contribution in [0.15, 0.2) is 79.0 Å². The second-order valence-corrected chi connectivity index (χ2v) is 8.49. The van der Waals surface area contributed by atoms with Crippen molar-refractivity contribution in [2.75, 3.05) is 51.3 Å². The van der Waals surface area contributed by atoms with Gasteiger partial charge >= 0.3 is 0 Å². The lowest BCUT2D eigenvalue weighted by Crippen LogP contribution is -2.48. The number of nitrogens with one attached hydrogen (secondary N) is 1. The molecule has 1 aliphatic rings. The van der Waals surface area contributed by atoms with Gasteiger partial charge in [0.2, 0.25) is 0 Å². The van der Waals surface area contributed by atoms with Crippen molar-refractivity contribution >= 4 is 23.3 Å². The summed E-state index contributed by atoms with van der Waals surface area (Å²) in [6.07, 6.45) is 1.64. The predicted molar refractivity (Wildman–Crippen MR) is 131 cm³/mol. The normalized spacial score (nSPS) is 15.8. The molecule has 2 aromatic carbocycles. The van der Waals surface area contributed by atoms with Crippen LogP contribution in [0.25, 0.3) is 0 Å². The Morgan fingerprint density at radius 1 is 0.939 bits per heavy atom. The number of rotatable bonds is 9. The van der Waals surface area contributed by atoms with Gasteiger partial charge in [-0.3, -0.25) is 14.6 Å². The molecule has 0 bridgehead atoms. The maximum absolute atomic E-state index is 12.0. The van der Waals surface area contributed by atoms with E-state index in [0.29, 0.717) is 12.4 Å². The van der Waals surface area contributed by atoms with Crippen LogP contribution in [0.1, 0.15) is 17.2 Å². The van der Waals surface area contributed by atoms with Gasteiger partial charge in [0.25, 0.3) is 5.91 Å². The molecule has 1 saturated heterocycles. The lowest BCUT2D eigenvalue weighted by Gasteiger charge is -2.39. The van der Waals surface area contributed by atoms with Crippen LogP contribution in [0.3, 0.4) is 0 Å². The number of pyridine rings is 1. The fourth-order valence-corrected chi connectivity index (χ4v) is 4.24. The maximum Gasteiger partial charge on any atom is 0.251 e. The molecule has 0 radical (unpaired) electrons. The minimum Gasteiger partial charge on any atom is -0.370 e. The standard InChI is InChI=1S/C26H29ClN4O2/c27-23-11-9-22(10-12-23)26(21-6-2-1-3-7-21)31-16-14-30(15-17-31)18-19-33-20-25(32)29-24-8-4-5-13-28-24/h1-13,26H,14-20H2,(H,28,29,32). The van der Waals surface area contributed by atoms with E-state index in [1.165, 1.54) is 11.1 Å². The zero-order valence-electron chi connectivity index (χ0n) is 18.6. The molecule has 1 N–H and O–H groups in total. The smallest absolute Gasteiger partial charge is 0.251 e. The quantitative estimate of drug-likeness (QED) is 0.483. The van der Waals surface area contributed by atoms with E-state index in [9.17, 15) is 4.79 Å². The Morgan fingerprint density at radius 2 is 1.64 bits per heavy atom. The van der Waals surface area contributed by atoms with Crippen molar-refractivity contribution in [3.63, 3.8) is 0 Å². The zero-order valence-corrected chi connectivity index (χ0v) is 19.3. The summed E-state index contributed by atoms with van der Waals surface area (Å²) in [5.74, 6) is 0.350. The summed E-state index contributed by atoms with van der Waals surface area (Å²) in [7, 11) is 0. The highest BCUT2D eigenvalue weighted by Crippen LogP contribution is 2.30. The first-order valence-electron chi connectivity index (χ1n) is 11.2. The predicted octanol–water partition coefficient (Wildman–Crippen LogP) is 4.10. The summed E-state index contributed by atoms with van der Waals surface area (Å²) in [5.41, 5.74) is 2.54. The number of amides is 1. The lowest BCUT2D eigenvalue weighted by atomic mass is 9.96. The Bertz CT molecular complexity index is 994. The van der Waals surface area contributed by atoms with Crippen molar-refractivity contribution in [3.8, 4) is 0 Å². The number of ether oxygens (including phenoxy) is 1. The van der Waals surface area contributed by atoms with Crippen LogP contribution < -0.4 is 5.32 Å². The van der Waals surface area contributed by atoms with Crippen molar-refractivity contribution in [2.24, 2.45) is 0 Å². The first-order valence-corrected chi connectivity index (χ1v) is 11.6. The van der Waals surface area contributed by atoms with Crippen LogP contribution in [0.2, 0.25) is 5.02 Å². The molecule has 1 amide bonds. The fraction of sp³-hybridized carbons (Fsp3) is 0.308. The average molecular weight is 465 g/mol. The third-order valence-corrected chi connectivity index (χ3v) is 6.04. The fourth-order valence-electron chi connectivity index (χ4n) is 4.11. The van der Waals surface area contributed by atoms with Gasteiger partial charge in [-0.15, -0.1) is 0 Å². The Labute approximate surface area is 200 Å². The molecule has 4 rings (SSSR count). The summed E-state index contributed by atoms with van der Waals surface area (Å²) in [5, 5.41) is 3.48. The van der Waals surface area contributed by atoms with Gasteiger partial charge in [0, 0.05) is 43.9 Å². The van der Waals surface area contributed by atoms with Gasteiger partial charge in [-0.2, -0.15) is 0 Å². The molecule has 3 aromatic rings. The maximum atomic E-state index is 12.0. The number of halogens is 1. The van der Waals surface area contributed by atoms with E-state index in [4.69, 9.17) is 16.3 Å². The van der Waals surface area contributed by atoms with Gasteiger partial charge in [0.1, 0.15) is 12.4 Å². The van der Waals surface area contributed by atoms with E-state index in [-0.39, 0.29) is 18.6 Å². The Balaban J connectivity index is 1.25. The number of hydrogen-bond donors (Lipinski definition) is 1. The molecule has 1 aromatic heterocycles. The first kappa shape index (κ1) is 23.4. The summed E-state index contributed by atoms with van der Waals surface area (Å²) >= 11 is 6.13. The van der Waals surface area contributed by atoms with Crippen LogP contribution in [-0.4, -0.2) is 66.6 Å². The van der Waals surface area contributed by atoms with Crippen molar-refractivity contribution in [3.05, 3.63) is 95.1 Å². The third kappa shape index (κ3) is 6.85. The average Bonchev–Trinajstić information content (AvgIpc) is 2.85. The van der Waals surface area contributed by atoms with E-state index in [1.807, 2.05) is 24.3 Å². The SMILES string of the molecule is O=C(COCCN1CCN(C(c2ccccc2)c2ccc(Cl)cc2)CC1)Nc1ccccn1. The van der Waals surface area contributed by atoms with Crippen molar-refractivity contribution < 1.29 is 9.53 Å². The van der Waals surface area contributed by atoms with Gasteiger partial charge in [-0.05, 0) is 35.4 Å². The second kappa shape index (κ2) is 11.9. The first-order chi connectivity index (χ1) is 16.2. The van der Waals surface area contributed by atoms with Crippen LogP contribution in [0.4, 0.5) is 5.82 Å². The van der Waals surface area contributed by atoms with Crippen LogP contribution in [-0.2, 0) is 9.53 Å². The molecule has 1 atom stereocenters. The highest BCUT2D eigenvalue weighted by Gasteiger charge is 2.26. The number of carbonyl (C=O) groups excluding carboxylic acids is 1. The molecule has 0 saturated carbocycles. The minimum absolute atomic E-state index is 0.0309. The van der Waals surface area contributed by atoms with E-state index < -0.39 is 0 Å². The number of aromatic nitrogens is 1. The van der Waals surface area contributed by atoms with E-state index in [0.717, 1.165) is 37.7 Å². The zero-order chi connectivity index (χ0) is 22.9. The van der Waals surface area contributed by atoms with E-state index in [2.05, 4.69) is 62.6 Å². The third-order valence-electron chi connectivity index (χ3n) is 5.79. The highest BCUT2D eigenvalue weighted by atomic mass is 35.5. The summed E-state index contributed by atoms with van der Waals surface area (Å²) in [6.45, 7) is 5.20. The molecule has 33 heavy (non-hydrogen) atoms. The summed E-state index contributed by atoms with van der Waals surface area (Å²) in [4.78, 5) is 21.0. The van der Waals surface area contributed by atoms with Gasteiger partial charge in [-0.25, -0.2) is 4.98 Å².